The molecule has 2 saturated carbocycles. The molecule has 0 saturated heterocycles. The van der Waals surface area contributed by atoms with Gasteiger partial charge in [0.05, 0.1) is 5.25 Å². The molecule has 3 rings (SSSR count). The normalized spacial score (nSPS) is 21.1. The highest BCUT2D eigenvalue weighted by atomic mass is 32.2. The van der Waals surface area contributed by atoms with Crippen molar-refractivity contribution < 1.29 is 4.79 Å². The number of carbonyl (C=O) groups is 1. The number of rotatable bonds is 6. The minimum absolute atomic E-state index is 0.0969. The summed E-state index contributed by atoms with van der Waals surface area (Å²) in [6.07, 6.45) is 8.55. The molecule has 1 amide bonds. The molecular weight excluding hydrogens is 272 g/mol. The number of hydrogen-bond acceptors (Lipinski definition) is 4. The van der Waals surface area contributed by atoms with Crippen molar-refractivity contribution in [3.8, 4) is 0 Å². The third-order valence-corrected chi connectivity index (χ3v) is 5.00. The van der Waals surface area contributed by atoms with Crippen molar-refractivity contribution >= 4 is 17.7 Å². The molecule has 1 heterocycles. The van der Waals surface area contributed by atoms with Gasteiger partial charge in [-0.25, -0.2) is 4.98 Å². The van der Waals surface area contributed by atoms with Crippen molar-refractivity contribution in [3.63, 3.8) is 0 Å². The molecule has 0 aliphatic heterocycles. The largest absolute Gasteiger partial charge is 0.352 e. The third-order valence-electron chi connectivity index (χ3n) is 4.04. The number of carbonyl (C=O) groups excluding carboxylic acids is 1. The van der Waals surface area contributed by atoms with Crippen LogP contribution in [-0.4, -0.2) is 32.4 Å². The summed E-state index contributed by atoms with van der Waals surface area (Å²) in [5, 5.41) is 10.8. The van der Waals surface area contributed by atoms with Crippen molar-refractivity contribution in [2.24, 2.45) is 5.92 Å². The number of aromatic nitrogens is 3. The molecule has 1 atom stereocenters. The van der Waals surface area contributed by atoms with Crippen LogP contribution in [0.15, 0.2) is 5.16 Å². The Balaban J connectivity index is 1.49. The van der Waals surface area contributed by atoms with Crippen molar-refractivity contribution in [1.29, 1.82) is 0 Å². The van der Waals surface area contributed by atoms with Gasteiger partial charge in [-0.05, 0) is 25.7 Å². The summed E-state index contributed by atoms with van der Waals surface area (Å²) in [6, 6.07) is 0.413. The fourth-order valence-corrected chi connectivity index (χ4v) is 3.42. The van der Waals surface area contributed by atoms with Crippen molar-refractivity contribution in [1.82, 2.24) is 20.5 Å². The van der Waals surface area contributed by atoms with E-state index in [-0.39, 0.29) is 11.2 Å². The number of H-pyrrole nitrogens is 1. The molecular formula is C14H22N4OS. The lowest BCUT2D eigenvalue weighted by atomic mass is 10.0. The maximum absolute atomic E-state index is 11.9. The maximum atomic E-state index is 11.9. The molecule has 0 radical (unpaired) electrons. The summed E-state index contributed by atoms with van der Waals surface area (Å²) < 4.78 is 0. The van der Waals surface area contributed by atoms with Crippen LogP contribution in [0.4, 0.5) is 0 Å². The Bertz CT molecular complexity index is 465. The molecule has 2 fully saturated rings. The zero-order chi connectivity index (χ0) is 13.9. The van der Waals surface area contributed by atoms with E-state index in [1.807, 2.05) is 6.92 Å². The molecule has 2 N–H and O–H groups in total. The highest BCUT2D eigenvalue weighted by molar-refractivity contribution is 8.00. The predicted octanol–water partition coefficient (Wildman–Crippen LogP) is 2.30. The molecule has 110 valence electrons. The van der Waals surface area contributed by atoms with Gasteiger partial charge in [-0.3, -0.25) is 9.89 Å². The topological polar surface area (TPSA) is 70.7 Å². The average Bonchev–Trinajstić information content (AvgIpc) is 2.90. The first-order valence-electron chi connectivity index (χ1n) is 7.59. The number of nitrogens with zero attached hydrogens (tertiary/aromatic N) is 2. The predicted molar refractivity (Wildman–Crippen MR) is 78.5 cm³/mol. The SMILES string of the molecule is CC(Sc1n[nH]c(CC2CCCC2)n1)C(=O)NC1CC1. The van der Waals surface area contributed by atoms with E-state index in [1.54, 1.807) is 0 Å². The van der Waals surface area contributed by atoms with E-state index >= 15 is 0 Å². The second-order valence-electron chi connectivity index (χ2n) is 5.96. The van der Waals surface area contributed by atoms with E-state index < -0.39 is 0 Å². The van der Waals surface area contributed by atoms with Gasteiger partial charge in [0.2, 0.25) is 11.1 Å². The van der Waals surface area contributed by atoms with Crippen molar-refractivity contribution in [2.75, 3.05) is 0 Å². The standard InChI is InChI=1S/C14H22N4OS/c1-9(13(19)15-11-6-7-11)20-14-16-12(17-18-14)8-10-4-2-3-5-10/h9-11H,2-8H2,1H3,(H,15,19)(H,16,17,18). The summed E-state index contributed by atoms with van der Waals surface area (Å²) >= 11 is 1.43. The third kappa shape index (κ3) is 3.75. The molecule has 20 heavy (non-hydrogen) atoms. The van der Waals surface area contributed by atoms with E-state index in [4.69, 9.17) is 0 Å². The van der Waals surface area contributed by atoms with E-state index in [9.17, 15) is 4.79 Å². The lowest BCUT2D eigenvalue weighted by Gasteiger charge is -2.08. The zero-order valence-electron chi connectivity index (χ0n) is 11.9. The van der Waals surface area contributed by atoms with Gasteiger partial charge in [0.15, 0.2) is 0 Å². The first-order chi connectivity index (χ1) is 9.70. The molecule has 2 aliphatic rings. The Kier molecular flexibility index (Phi) is 4.29. The summed E-state index contributed by atoms with van der Waals surface area (Å²) in [4.78, 5) is 16.4. The maximum Gasteiger partial charge on any atom is 0.233 e. The monoisotopic (exact) mass is 294 g/mol. The Labute approximate surface area is 123 Å². The van der Waals surface area contributed by atoms with Gasteiger partial charge < -0.3 is 5.32 Å². The number of amides is 1. The van der Waals surface area contributed by atoms with Crippen molar-refractivity contribution in [2.45, 2.75) is 68.3 Å². The highest BCUT2D eigenvalue weighted by Gasteiger charge is 2.26. The first-order valence-corrected chi connectivity index (χ1v) is 8.47. The second-order valence-corrected chi connectivity index (χ2v) is 7.27. The molecule has 2 aliphatic carbocycles. The highest BCUT2D eigenvalue weighted by Crippen LogP contribution is 2.28. The summed E-state index contributed by atoms with van der Waals surface area (Å²) in [7, 11) is 0. The van der Waals surface area contributed by atoms with Crippen LogP contribution in [0.3, 0.4) is 0 Å². The van der Waals surface area contributed by atoms with Gasteiger partial charge in [0, 0.05) is 12.5 Å². The summed E-state index contributed by atoms with van der Waals surface area (Å²) in [6.45, 7) is 1.91. The number of thioether (sulfide) groups is 1. The van der Waals surface area contributed by atoms with E-state index in [0.29, 0.717) is 11.2 Å². The first kappa shape index (κ1) is 13.9. The molecule has 0 spiro atoms. The number of nitrogens with one attached hydrogen (secondary N) is 2. The van der Waals surface area contributed by atoms with Gasteiger partial charge in [0.25, 0.3) is 0 Å². The molecule has 0 bridgehead atoms. The van der Waals surface area contributed by atoms with Gasteiger partial charge >= 0.3 is 0 Å². The van der Waals surface area contributed by atoms with Gasteiger partial charge in [-0.2, -0.15) is 0 Å². The summed E-state index contributed by atoms with van der Waals surface area (Å²) in [5.41, 5.74) is 0. The molecule has 1 unspecified atom stereocenters. The molecule has 1 aromatic heterocycles. The van der Waals surface area contributed by atoms with Crippen LogP contribution in [0.2, 0.25) is 0 Å². The minimum atomic E-state index is -0.134. The van der Waals surface area contributed by atoms with Gasteiger partial charge in [-0.15, -0.1) is 5.10 Å². The number of hydrogen-bond donors (Lipinski definition) is 2. The Hall–Kier alpha value is -1.04. The van der Waals surface area contributed by atoms with Crippen LogP contribution in [-0.2, 0) is 11.2 Å². The van der Waals surface area contributed by atoms with Crippen molar-refractivity contribution in [3.05, 3.63) is 5.82 Å². The van der Waals surface area contributed by atoms with Gasteiger partial charge in [0.1, 0.15) is 5.82 Å². The lowest BCUT2D eigenvalue weighted by molar-refractivity contribution is -0.120. The van der Waals surface area contributed by atoms with E-state index in [2.05, 4.69) is 20.5 Å². The van der Waals surface area contributed by atoms with Crippen LogP contribution in [0.25, 0.3) is 0 Å². The lowest BCUT2D eigenvalue weighted by Crippen LogP contribution is -2.32. The second kappa shape index (κ2) is 6.16. The Morgan fingerprint density at radius 2 is 2.15 bits per heavy atom. The minimum Gasteiger partial charge on any atom is -0.352 e. The van der Waals surface area contributed by atoms with Crippen LogP contribution in [0.5, 0.6) is 0 Å². The average molecular weight is 294 g/mol. The van der Waals surface area contributed by atoms with E-state index in [1.165, 1.54) is 37.4 Å². The quantitative estimate of drug-likeness (QED) is 0.790. The Morgan fingerprint density at radius 1 is 1.40 bits per heavy atom. The van der Waals surface area contributed by atoms with E-state index in [0.717, 1.165) is 31.0 Å². The zero-order valence-corrected chi connectivity index (χ0v) is 12.7. The van der Waals surface area contributed by atoms with Crippen LogP contribution in [0.1, 0.15) is 51.3 Å². The number of aromatic amines is 1. The fourth-order valence-electron chi connectivity index (χ4n) is 2.67. The van der Waals surface area contributed by atoms with Gasteiger partial charge in [-0.1, -0.05) is 37.4 Å². The molecule has 6 heteroatoms. The van der Waals surface area contributed by atoms with Crippen LogP contribution < -0.4 is 5.32 Å². The smallest absolute Gasteiger partial charge is 0.233 e. The van der Waals surface area contributed by atoms with Crippen LogP contribution in [0, 0.1) is 5.92 Å². The van der Waals surface area contributed by atoms with Crippen LogP contribution >= 0.6 is 11.8 Å². The summed E-state index contributed by atoms with van der Waals surface area (Å²) in [5.74, 6) is 1.82. The Morgan fingerprint density at radius 3 is 2.85 bits per heavy atom. The fraction of sp³-hybridized carbons (Fsp3) is 0.786. The molecule has 1 aromatic rings. The molecule has 0 aromatic carbocycles. The molecule has 5 nitrogen and oxygen atoms in total.